The third kappa shape index (κ3) is 4.24. The fourth-order valence-electron chi connectivity index (χ4n) is 2.80. The van der Waals surface area contributed by atoms with Crippen molar-refractivity contribution < 1.29 is 13.6 Å². The molecule has 0 radical (unpaired) electrons. The summed E-state index contributed by atoms with van der Waals surface area (Å²) in [5.41, 5.74) is 6.16. The van der Waals surface area contributed by atoms with E-state index in [-0.39, 0.29) is 30.4 Å². The molecule has 2 atom stereocenters. The quantitative estimate of drug-likeness (QED) is 0.928. The molecular formula is C16H22F2N2O. The Morgan fingerprint density at radius 1 is 1.48 bits per heavy atom. The summed E-state index contributed by atoms with van der Waals surface area (Å²) in [5.74, 6) is -0.622. The Kier molecular flexibility index (Phi) is 5.28. The van der Waals surface area contributed by atoms with Crippen molar-refractivity contribution >= 4 is 5.91 Å². The molecule has 0 unspecified atom stereocenters. The Hall–Kier alpha value is -1.49. The monoisotopic (exact) mass is 296 g/mol. The van der Waals surface area contributed by atoms with Crippen LogP contribution in [0.5, 0.6) is 0 Å². The van der Waals surface area contributed by atoms with E-state index in [9.17, 15) is 13.6 Å². The van der Waals surface area contributed by atoms with Crippen LogP contribution in [0.4, 0.5) is 8.78 Å². The van der Waals surface area contributed by atoms with Gasteiger partial charge in [0.05, 0.1) is 0 Å². The van der Waals surface area contributed by atoms with Crippen LogP contribution >= 0.6 is 0 Å². The van der Waals surface area contributed by atoms with Gasteiger partial charge in [0.2, 0.25) is 5.91 Å². The van der Waals surface area contributed by atoms with E-state index in [0.717, 1.165) is 37.6 Å². The van der Waals surface area contributed by atoms with Crippen molar-refractivity contribution in [3.05, 3.63) is 35.4 Å². The van der Waals surface area contributed by atoms with E-state index in [1.807, 2.05) is 6.92 Å². The van der Waals surface area contributed by atoms with Crippen molar-refractivity contribution in [1.82, 2.24) is 4.90 Å². The van der Waals surface area contributed by atoms with E-state index in [4.69, 9.17) is 5.73 Å². The standard InChI is InChI=1S/C16H22F2N2O/c1-11(19)13-3-2-8-20(10-13)16(21)7-4-12-9-14(17)5-6-15(12)18/h5-6,9,11,13H,2-4,7-8,10,19H2,1H3/t11-,13+/m1/s1. The third-order valence-electron chi connectivity index (χ3n) is 4.17. The van der Waals surface area contributed by atoms with Gasteiger partial charge in [-0.1, -0.05) is 0 Å². The molecule has 0 bridgehead atoms. The first-order valence-electron chi connectivity index (χ1n) is 7.44. The third-order valence-corrected chi connectivity index (χ3v) is 4.17. The zero-order chi connectivity index (χ0) is 15.4. The number of likely N-dealkylation sites (tertiary alicyclic amines) is 1. The second-order valence-corrected chi connectivity index (χ2v) is 5.84. The van der Waals surface area contributed by atoms with Gasteiger partial charge in [0.15, 0.2) is 0 Å². The van der Waals surface area contributed by atoms with Crippen molar-refractivity contribution in [2.75, 3.05) is 13.1 Å². The van der Waals surface area contributed by atoms with E-state index in [2.05, 4.69) is 0 Å². The molecule has 5 heteroatoms. The number of carbonyl (C=O) groups is 1. The van der Waals surface area contributed by atoms with Crippen LogP contribution in [0.3, 0.4) is 0 Å². The normalized spacial score (nSPS) is 20.4. The first-order valence-corrected chi connectivity index (χ1v) is 7.44. The van der Waals surface area contributed by atoms with Crippen molar-refractivity contribution in [1.29, 1.82) is 0 Å². The van der Waals surface area contributed by atoms with Gasteiger partial charge >= 0.3 is 0 Å². The van der Waals surface area contributed by atoms with Gasteiger partial charge < -0.3 is 10.6 Å². The zero-order valence-electron chi connectivity index (χ0n) is 12.3. The lowest BCUT2D eigenvalue weighted by Gasteiger charge is -2.34. The van der Waals surface area contributed by atoms with Crippen LogP contribution in [0.1, 0.15) is 31.7 Å². The van der Waals surface area contributed by atoms with Gasteiger partial charge in [-0.25, -0.2) is 8.78 Å². The van der Waals surface area contributed by atoms with Crippen LogP contribution in [0.15, 0.2) is 18.2 Å². The van der Waals surface area contributed by atoms with Crippen LogP contribution in [-0.4, -0.2) is 29.9 Å². The first-order chi connectivity index (χ1) is 9.97. The van der Waals surface area contributed by atoms with Crippen LogP contribution in [0, 0.1) is 17.6 Å². The fourth-order valence-corrected chi connectivity index (χ4v) is 2.80. The number of hydrogen-bond acceptors (Lipinski definition) is 2. The molecule has 116 valence electrons. The molecule has 0 saturated carbocycles. The molecule has 1 aromatic rings. The topological polar surface area (TPSA) is 46.3 Å². The van der Waals surface area contributed by atoms with Crippen molar-refractivity contribution in [3.8, 4) is 0 Å². The molecule has 2 rings (SSSR count). The maximum Gasteiger partial charge on any atom is 0.222 e. The highest BCUT2D eigenvalue weighted by atomic mass is 19.1. The first kappa shape index (κ1) is 15.9. The summed E-state index contributed by atoms with van der Waals surface area (Å²) in [7, 11) is 0. The Morgan fingerprint density at radius 2 is 2.24 bits per heavy atom. The molecule has 1 fully saturated rings. The second-order valence-electron chi connectivity index (χ2n) is 5.84. The maximum atomic E-state index is 13.5. The molecule has 1 heterocycles. The average Bonchev–Trinajstić information content (AvgIpc) is 2.48. The predicted octanol–water partition coefficient (Wildman–Crippen LogP) is 2.48. The molecule has 1 saturated heterocycles. The lowest BCUT2D eigenvalue weighted by atomic mass is 9.92. The van der Waals surface area contributed by atoms with Gasteiger partial charge in [-0.3, -0.25) is 4.79 Å². The number of carbonyl (C=O) groups excluding carboxylic acids is 1. The summed E-state index contributed by atoms with van der Waals surface area (Å²) in [5, 5.41) is 0. The van der Waals surface area contributed by atoms with E-state index >= 15 is 0 Å². The molecule has 1 amide bonds. The number of rotatable bonds is 4. The molecule has 1 aliphatic rings. The minimum absolute atomic E-state index is 0.0102. The summed E-state index contributed by atoms with van der Waals surface area (Å²) < 4.78 is 26.6. The van der Waals surface area contributed by atoms with Crippen LogP contribution in [0.25, 0.3) is 0 Å². The number of aryl methyl sites for hydroxylation is 1. The SMILES string of the molecule is C[C@@H](N)[C@H]1CCCN(C(=O)CCc2cc(F)ccc2F)C1. The van der Waals surface area contributed by atoms with Gasteiger partial charge in [0.1, 0.15) is 11.6 Å². The average molecular weight is 296 g/mol. The largest absolute Gasteiger partial charge is 0.342 e. The summed E-state index contributed by atoms with van der Waals surface area (Å²) in [6.07, 6.45) is 2.42. The number of halogens is 2. The Labute approximate surface area is 124 Å². The Bertz CT molecular complexity index is 505. The van der Waals surface area contributed by atoms with Crippen LogP contribution < -0.4 is 5.73 Å². The number of nitrogens with zero attached hydrogens (tertiary/aromatic N) is 1. The molecule has 0 aliphatic carbocycles. The van der Waals surface area contributed by atoms with Gasteiger partial charge in [0, 0.05) is 25.6 Å². The van der Waals surface area contributed by atoms with Crippen molar-refractivity contribution in [2.24, 2.45) is 11.7 Å². The van der Waals surface area contributed by atoms with Gasteiger partial charge in [-0.2, -0.15) is 0 Å². The molecule has 0 spiro atoms. The number of benzene rings is 1. The minimum atomic E-state index is -0.478. The van der Waals surface area contributed by atoms with E-state index in [0.29, 0.717) is 12.5 Å². The summed E-state index contributed by atoms with van der Waals surface area (Å²) in [6.45, 7) is 3.36. The molecule has 1 aliphatic heterocycles. The lowest BCUT2D eigenvalue weighted by Crippen LogP contribution is -2.45. The fraction of sp³-hybridized carbons (Fsp3) is 0.562. The number of piperidine rings is 1. The second kappa shape index (κ2) is 6.98. The highest BCUT2D eigenvalue weighted by Gasteiger charge is 2.25. The molecule has 1 aromatic carbocycles. The van der Waals surface area contributed by atoms with Gasteiger partial charge in [0.25, 0.3) is 0 Å². The summed E-state index contributed by atoms with van der Waals surface area (Å²) in [4.78, 5) is 14.0. The summed E-state index contributed by atoms with van der Waals surface area (Å²) >= 11 is 0. The number of nitrogens with two attached hydrogens (primary N) is 1. The van der Waals surface area contributed by atoms with Crippen LogP contribution in [-0.2, 0) is 11.2 Å². The lowest BCUT2D eigenvalue weighted by molar-refractivity contribution is -0.133. The number of hydrogen-bond donors (Lipinski definition) is 1. The predicted molar refractivity (Wildman–Crippen MR) is 77.6 cm³/mol. The van der Waals surface area contributed by atoms with Crippen molar-refractivity contribution in [3.63, 3.8) is 0 Å². The Balaban J connectivity index is 1.91. The summed E-state index contributed by atoms with van der Waals surface area (Å²) in [6, 6.07) is 3.41. The molecule has 21 heavy (non-hydrogen) atoms. The molecule has 2 N–H and O–H groups in total. The van der Waals surface area contributed by atoms with Gasteiger partial charge in [-0.15, -0.1) is 0 Å². The van der Waals surface area contributed by atoms with Gasteiger partial charge in [-0.05, 0) is 55.9 Å². The van der Waals surface area contributed by atoms with Crippen LogP contribution in [0.2, 0.25) is 0 Å². The minimum Gasteiger partial charge on any atom is -0.342 e. The molecule has 3 nitrogen and oxygen atoms in total. The molecule has 0 aromatic heterocycles. The van der Waals surface area contributed by atoms with E-state index < -0.39 is 11.6 Å². The maximum absolute atomic E-state index is 13.5. The molecular weight excluding hydrogens is 274 g/mol. The highest BCUT2D eigenvalue weighted by molar-refractivity contribution is 5.76. The van der Waals surface area contributed by atoms with Crippen molar-refractivity contribution in [2.45, 2.75) is 38.6 Å². The van der Waals surface area contributed by atoms with E-state index in [1.54, 1.807) is 4.90 Å². The van der Waals surface area contributed by atoms with E-state index in [1.165, 1.54) is 0 Å². The Morgan fingerprint density at radius 3 is 2.95 bits per heavy atom. The number of amides is 1. The zero-order valence-corrected chi connectivity index (χ0v) is 12.3. The smallest absolute Gasteiger partial charge is 0.222 e. The highest BCUT2D eigenvalue weighted by Crippen LogP contribution is 2.20.